The van der Waals surface area contributed by atoms with Crippen molar-refractivity contribution in [2.75, 3.05) is 46.6 Å². The first-order valence-electron chi connectivity index (χ1n) is 9.95. The van der Waals surface area contributed by atoms with E-state index in [4.69, 9.17) is 14.5 Å². The highest BCUT2D eigenvalue weighted by Gasteiger charge is 2.35. The zero-order valence-electron chi connectivity index (χ0n) is 16.8. The lowest BCUT2D eigenvalue weighted by Gasteiger charge is -2.28. The molecule has 0 atom stereocenters. The Bertz CT molecular complexity index is 519. The SMILES string of the molecule is CCNC(=NCC1(c2ccccc2)CCCC1)NCCCOCCOC.I. The van der Waals surface area contributed by atoms with Crippen LogP contribution in [0.4, 0.5) is 0 Å². The maximum Gasteiger partial charge on any atom is 0.191 e. The van der Waals surface area contributed by atoms with Crippen LogP contribution in [0.3, 0.4) is 0 Å². The highest BCUT2D eigenvalue weighted by atomic mass is 127. The molecule has 0 saturated heterocycles. The maximum atomic E-state index is 5.51. The number of methoxy groups -OCH3 is 1. The van der Waals surface area contributed by atoms with Crippen molar-refractivity contribution in [1.29, 1.82) is 0 Å². The van der Waals surface area contributed by atoms with Crippen molar-refractivity contribution in [1.82, 2.24) is 10.6 Å². The summed E-state index contributed by atoms with van der Waals surface area (Å²) in [6.07, 6.45) is 6.01. The Labute approximate surface area is 181 Å². The van der Waals surface area contributed by atoms with Gasteiger partial charge < -0.3 is 20.1 Å². The van der Waals surface area contributed by atoms with Crippen LogP contribution >= 0.6 is 24.0 Å². The summed E-state index contributed by atoms with van der Waals surface area (Å²) in [4.78, 5) is 4.92. The van der Waals surface area contributed by atoms with E-state index in [1.54, 1.807) is 7.11 Å². The molecule has 5 nitrogen and oxygen atoms in total. The molecule has 0 aromatic heterocycles. The third-order valence-corrected chi connectivity index (χ3v) is 5.02. The quantitative estimate of drug-likeness (QED) is 0.215. The van der Waals surface area contributed by atoms with Crippen molar-refractivity contribution < 1.29 is 9.47 Å². The summed E-state index contributed by atoms with van der Waals surface area (Å²) in [6, 6.07) is 10.9. The van der Waals surface area contributed by atoms with Crippen LogP contribution in [0.1, 0.15) is 44.6 Å². The van der Waals surface area contributed by atoms with Crippen LogP contribution in [0, 0.1) is 0 Å². The van der Waals surface area contributed by atoms with E-state index in [0.29, 0.717) is 13.2 Å². The number of benzene rings is 1. The normalized spacial score (nSPS) is 16.0. The largest absolute Gasteiger partial charge is 0.382 e. The Balaban J connectivity index is 0.00000364. The molecular formula is C21H36IN3O2. The molecule has 27 heavy (non-hydrogen) atoms. The summed E-state index contributed by atoms with van der Waals surface area (Å²) in [5, 5.41) is 6.80. The second-order valence-corrected chi connectivity index (χ2v) is 6.93. The lowest BCUT2D eigenvalue weighted by atomic mass is 9.79. The van der Waals surface area contributed by atoms with Crippen LogP contribution in [0.15, 0.2) is 35.3 Å². The minimum atomic E-state index is 0. The van der Waals surface area contributed by atoms with Gasteiger partial charge in [-0.2, -0.15) is 0 Å². The fourth-order valence-electron chi connectivity index (χ4n) is 3.58. The highest BCUT2D eigenvalue weighted by molar-refractivity contribution is 14.0. The molecule has 154 valence electrons. The Morgan fingerprint density at radius 3 is 2.48 bits per heavy atom. The van der Waals surface area contributed by atoms with Gasteiger partial charge in [0.2, 0.25) is 0 Å². The van der Waals surface area contributed by atoms with Gasteiger partial charge in [-0.1, -0.05) is 43.2 Å². The molecule has 6 heteroatoms. The van der Waals surface area contributed by atoms with E-state index < -0.39 is 0 Å². The van der Waals surface area contributed by atoms with E-state index >= 15 is 0 Å². The third kappa shape index (κ3) is 8.35. The molecule has 1 aliphatic carbocycles. The molecular weight excluding hydrogens is 453 g/mol. The van der Waals surface area contributed by atoms with Crippen molar-refractivity contribution in [2.24, 2.45) is 4.99 Å². The van der Waals surface area contributed by atoms with Crippen molar-refractivity contribution in [3.8, 4) is 0 Å². The van der Waals surface area contributed by atoms with Crippen molar-refractivity contribution in [2.45, 2.75) is 44.4 Å². The molecule has 1 aromatic carbocycles. The molecule has 2 N–H and O–H groups in total. The first-order valence-corrected chi connectivity index (χ1v) is 9.95. The Morgan fingerprint density at radius 2 is 1.81 bits per heavy atom. The standard InChI is InChI=1S/C21H35N3O2.HI/c1-3-22-20(23-14-9-15-26-17-16-25-2)24-18-21(12-7-8-13-21)19-10-5-4-6-11-19;/h4-6,10-11H,3,7-9,12-18H2,1-2H3,(H2,22,23,24);1H. The van der Waals surface area contributed by atoms with Gasteiger partial charge in [0.15, 0.2) is 5.96 Å². The van der Waals surface area contributed by atoms with Crippen LogP contribution in [-0.4, -0.2) is 52.5 Å². The van der Waals surface area contributed by atoms with Crippen LogP contribution in [0.2, 0.25) is 0 Å². The summed E-state index contributed by atoms with van der Waals surface area (Å²) < 4.78 is 10.5. The van der Waals surface area contributed by atoms with E-state index in [1.807, 2.05) is 0 Å². The molecule has 1 aromatic rings. The number of ether oxygens (including phenoxy) is 2. The zero-order chi connectivity index (χ0) is 18.5. The molecule has 0 heterocycles. The predicted molar refractivity (Wildman–Crippen MR) is 123 cm³/mol. The van der Waals surface area contributed by atoms with Gasteiger partial charge in [0.25, 0.3) is 0 Å². The summed E-state index contributed by atoms with van der Waals surface area (Å²) in [5.41, 5.74) is 1.64. The molecule has 1 saturated carbocycles. The zero-order valence-corrected chi connectivity index (χ0v) is 19.2. The van der Waals surface area contributed by atoms with Crippen LogP contribution in [-0.2, 0) is 14.9 Å². The highest BCUT2D eigenvalue weighted by Crippen LogP contribution is 2.41. The first-order chi connectivity index (χ1) is 12.8. The average Bonchev–Trinajstić information content (AvgIpc) is 3.16. The van der Waals surface area contributed by atoms with Crippen molar-refractivity contribution in [3.05, 3.63) is 35.9 Å². The van der Waals surface area contributed by atoms with Crippen molar-refractivity contribution >= 4 is 29.9 Å². The molecule has 0 bridgehead atoms. The van der Waals surface area contributed by atoms with E-state index in [9.17, 15) is 0 Å². The van der Waals surface area contributed by atoms with Gasteiger partial charge in [0.05, 0.1) is 19.8 Å². The van der Waals surface area contributed by atoms with Gasteiger partial charge in [-0.15, -0.1) is 24.0 Å². The number of rotatable bonds is 11. The van der Waals surface area contributed by atoms with Crippen LogP contribution in [0.5, 0.6) is 0 Å². The minimum Gasteiger partial charge on any atom is -0.382 e. The topological polar surface area (TPSA) is 54.9 Å². The number of guanidine groups is 1. The fraction of sp³-hybridized carbons (Fsp3) is 0.667. The van der Waals surface area contributed by atoms with Gasteiger partial charge in [-0.3, -0.25) is 4.99 Å². The fourth-order valence-corrected chi connectivity index (χ4v) is 3.58. The predicted octanol–water partition coefficient (Wildman–Crippen LogP) is 3.72. The second kappa shape index (κ2) is 14.2. The molecule has 0 unspecified atom stereocenters. The van der Waals surface area contributed by atoms with E-state index in [0.717, 1.165) is 38.6 Å². The van der Waals surface area contributed by atoms with E-state index in [1.165, 1.54) is 31.2 Å². The summed E-state index contributed by atoms with van der Waals surface area (Å²) in [6.45, 7) is 6.73. The minimum absolute atomic E-state index is 0. The first kappa shape index (κ1) is 24.2. The molecule has 1 aliphatic rings. The second-order valence-electron chi connectivity index (χ2n) is 6.93. The summed E-state index contributed by atoms with van der Waals surface area (Å²) in [5.74, 6) is 0.909. The Kier molecular flexibility index (Phi) is 12.7. The van der Waals surface area contributed by atoms with Gasteiger partial charge in [0, 0.05) is 32.2 Å². The number of nitrogens with one attached hydrogen (secondary N) is 2. The van der Waals surface area contributed by atoms with Crippen LogP contribution < -0.4 is 10.6 Å². The number of aliphatic imine (C=N–C) groups is 1. The lowest BCUT2D eigenvalue weighted by Crippen LogP contribution is -2.39. The van der Waals surface area contributed by atoms with Gasteiger partial charge >= 0.3 is 0 Å². The Morgan fingerprint density at radius 1 is 1.07 bits per heavy atom. The number of hydrogen-bond donors (Lipinski definition) is 2. The van der Waals surface area contributed by atoms with Crippen LogP contribution in [0.25, 0.3) is 0 Å². The average molecular weight is 489 g/mol. The molecule has 0 aliphatic heterocycles. The van der Waals surface area contributed by atoms with Gasteiger partial charge in [-0.25, -0.2) is 0 Å². The summed E-state index contributed by atoms with van der Waals surface area (Å²) in [7, 11) is 1.69. The molecule has 0 spiro atoms. The molecule has 2 rings (SSSR count). The monoisotopic (exact) mass is 489 g/mol. The van der Waals surface area contributed by atoms with E-state index in [-0.39, 0.29) is 29.4 Å². The van der Waals surface area contributed by atoms with Gasteiger partial charge in [-0.05, 0) is 31.7 Å². The van der Waals surface area contributed by atoms with Gasteiger partial charge in [0.1, 0.15) is 0 Å². The third-order valence-electron chi connectivity index (χ3n) is 5.02. The molecule has 0 amide bonds. The lowest BCUT2D eigenvalue weighted by molar-refractivity contribution is 0.0698. The van der Waals surface area contributed by atoms with E-state index in [2.05, 4.69) is 47.9 Å². The smallest absolute Gasteiger partial charge is 0.191 e. The number of halogens is 1. The number of nitrogens with zero attached hydrogens (tertiary/aromatic N) is 1. The molecule has 1 fully saturated rings. The molecule has 0 radical (unpaired) electrons. The van der Waals surface area contributed by atoms with Crippen molar-refractivity contribution in [3.63, 3.8) is 0 Å². The Hall–Kier alpha value is -0.860. The maximum absolute atomic E-state index is 5.51. The summed E-state index contributed by atoms with van der Waals surface area (Å²) >= 11 is 0. The number of hydrogen-bond acceptors (Lipinski definition) is 3.